The molecule has 5 aliphatic rings. The van der Waals surface area contributed by atoms with Crippen molar-refractivity contribution in [3.05, 3.63) is 148 Å². The zero-order chi connectivity index (χ0) is 49.5. The summed E-state index contributed by atoms with van der Waals surface area (Å²) in [6.45, 7) is 39.6. The third kappa shape index (κ3) is 13.2. The molecule has 68 heavy (non-hydrogen) atoms. The summed E-state index contributed by atoms with van der Waals surface area (Å²) in [5, 5.41) is 0. The summed E-state index contributed by atoms with van der Waals surface area (Å²) in [7, 11) is 0. The summed E-state index contributed by atoms with van der Waals surface area (Å²) in [6, 6.07) is 24.4. The van der Waals surface area contributed by atoms with Crippen LogP contribution in [0.4, 0.5) is 11.4 Å². The third-order valence-electron chi connectivity index (χ3n) is 16.6. The van der Waals surface area contributed by atoms with Gasteiger partial charge in [0.05, 0.1) is 0 Å². The van der Waals surface area contributed by atoms with E-state index in [1.807, 2.05) is 27.7 Å². The first-order valence-electron chi connectivity index (χ1n) is 27.7. The van der Waals surface area contributed by atoms with Gasteiger partial charge in [-0.25, -0.2) is 0 Å². The summed E-state index contributed by atoms with van der Waals surface area (Å²) in [5.41, 5.74) is 25.3. The standard InChI is InChI=1S/C35H45N.C19H29N.C9H17N.C2H6/c1-4-26-23-35(24-26)18-20-36(21-19-35)29-14-15-31(27(5-2)22-29)34-32(28-11-7-6-8-12-28)17-16-30-25(3)10-9-13-33(30)34;1-6-13-20-15(7-2)9-10-18-16(8-3)17(14(4)5)11-12-19(18)20;1-7(2)5-6-9(10)8(3)4;1-2/h6-9,11-15,22,25-26,32,34H,4-5,10,16-21,23-24H2,1-3H3;11-12,15H,4,6-10,13H2,1-3,5H3;9H,1,3,5-6,10H2,2,4H3;1-2H3/t;;9-;/m..0./s1. The lowest BCUT2D eigenvalue weighted by Gasteiger charge is -2.52. The Morgan fingerprint density at radius 3 is 2.13 bits per heavy atom. The van der Waals surface area contributed by atoms with E-state index in [2.05, 4.69) is 151 Å². The SMILES string of the molecule is C=C(C)CC[C@H](N)C(=C)C.C=C(C)c1ccc2c(c1CC)CCC(CC)N2CCC.CC.CCc1cc(N2CCC3(CC2)CC(CC)C3)ccc1C1C2=C(CCC1c1ccccc1)C(C)CC=C2. The van der Waals surface area contributed by atoms with Gasteiger partial charge in [-0.2, -0.15) is 0 Å². The fraction of sp³-hybridized carbons (Fsp3) is 0.569. The maximum Gasteiger partial charge on any atom is 0.0404 e. The van der Waals surface area contributed by atoms with E-state index >= 15 is 0 Å². The van der Waals surface area contributed by atoms with Crippen LogP contribution in [-0.2, 0) is 19.3 Å². The first-order valence-corrected chi connectivity index (χ1v) is 27.7. The number of fused-ring (bicyclic) bond motifs is 1. The highest BCUT2D eigenvalue weighted by Gasteiger charge is 2.45. The molecular formula is C65H97N3. The summed E-state index contributed by atoms with van der Waals surface area (Å²) >= 11 is 0. The van der Waals surface area contributed by atoms with Crippen LogP contribution in [-0.4, -0.2) is 31.7 Å². The van der Waals surface area contributed by atoms with Crippen molar-refractivity contribution in [2.45, 2.75) is 203 Å². The first-order chi connectivity index (χ1) is 32.8. The number of nitrogens with zero attached hydrogens (tertiary/aromatic N) is 2. The van der Waals surface area contributed by atoms with E-state index in [4.69, 9.17) is 5.73 Å². The molecule has 0 radical (unpaired) electrons. The van der Waals surface area contributed by atoms with Crippen LogP contribution in [0.1, 0.15) is 205 Å². The highest BCUT2D eigenvalue weighted by molar-refractivity contribution is 5.72. The van der Waals surface area contributed by atoms with Crippen LogP contribution >= 0.6 is 0 Å². The van der Waals surface area contributed by atoms with E-state index in [1.54, 1.807) is 27.8 Å². The average molecular weight is 921 g/mol. The molecule has 1 saturated heterocycles. The molecule has 2 heterocycles. The Morgan fingerprint density at radius 2 is 1.54 bits per heavy atom. The maximum absolute atomic E-state index is 5.72. The molecular weight excluding hydrogens is 823 g/mol. The van der Waals surface area contributed by atoms with Gasteiger partial charge in [-0.1, -0.05) is 152 Å². The van der Waals surface area contributed by atoms with Gasteiger partial charge < -0.3 is 15.5 Å². The molecule has 3 aromatic carbocycles. The molecule has 3 heteroatoms. The predicted molar refractivity (Wildman–Crippen MR) is 303 cm³/mol. The number of hydrogen-bond acceptors (Lipinski definition) is 3. The Bertz CT molecular complexity index is 2150. The molecule has 0 aromatic heterocycles. The monoisotopic (exact) mass is 920 g/mol. The Labute approximate surface area is 418 Å². The topological polar surface area (TPSA) is 32.5 Å². The first kappa shape index (κ1) is 54.9. The van der Waals surface area contributed by atoms with Crippen molar-refractivity contribution in [2.24, 2.45) is 23.0 Å². The van der Waals surface area contributed by atoms with E-state index in [0.29, 0.717) is 23.2 Å². The molecule has 5 atom stereocenters. The molecule has 0 bridgehead atoms. The quantitative estimate of drug-likeness (QED) is 0.164. The number of benzene rings is 3. The summed E-state index contributed by atoms with van der Waals surface area (Å²) in [4.78, 5) is 5.34. The number of piperidine rings is 1. The van der Waals surface area contributed by atoms with Crippen molar-refractivity contribution in [3.63, 3.8) is 0 Å². The Hall–Kier alpha value is -4.08. The summed E-state index contributed by atoms with van der Waals surface area (Å²) in [5.74, 6) is 2.74. The maximum atomic E-state index is 5.72. The Kier molecular flexibility index (Phi) is 21.2. The fourth-order valence-electron chi connectivity index (χ4n) is 12.6. The number of rotatable bonds is 14. The minimum atomic E-state index is 0.150. The van der Waals surface area contributed by atoms with Gasteiger partial charge in [-0.15, -0.1) is 6.58 Å². The van der Waals surface area contributed by atoms with Crippen LogP contribution in [0, 0.1) is 17.3 Å². The smallest absolute Gasteiger partial charge is 0.0404 e. The van der Waals surface area contributed by atoms with Crippen molar-refractivity contribution in [1.29, 1.82) is 0 Å². The number of nitrogens with two attached hydrogens (primary N) is 1. The van der Waals surface area contributed by atoms with E-state index in [-0.39, 0.29) is 6.04 Å². The highest BCUT2D eigenvalue weighted by atomic mass is 15.2. The molecule has 3 aliphatic carbocycles. The van der Waals surface area contributed by atoms with Crippen molar-refractivity contribution in [3.8, 4) is 0 Å². The molecule has 1 spiro atoms. The van der Waals surface area contributed by atoms with Crippen LogP contribution in [0.2, 0.25) is 0 Å². The molecule has 2 N–H and O–H groups in total. The van der Waals surface area contributed by atoms with Gasteiger partial charge in [-0.05, 0) is 197 Å². The molecule has 4 unspecified atom stereocenters. The lowest BCUT2D eigenvalue weighted by atomic mass is 9.57. The second-order valence-electron chi connectivity index (χ2n) is 21.4. The van der Waals surface area contributed by atoms with Gasteiger partial charge in [0.25, 0.3) is 0 Å². The van der Waals surface area contributed by atoms with Crippen LogP contribution < -0.4 is 15.5 Å². The van der Waals surface area contributed by atoms with E-state index < -0.39 is 0 Å². The minimum Gasteiger partial charge on any atom is -0.371 e. The molecule has 0 amide bonds. The Balaban J connectivity index is 0.000000227. The molecule has 2 fully saturated rings. The summed E-state index contributed by atoms with van der Waals surface area (Å²) < 4.78 is 0. The van der Waals surface area contributed by atoms with E-state index in [0.717, 1.165) is 43.2 Å². The second-order valence-corrected chi connectivity index (χ2v) is 21.4. The number of anilines is 2. The molecule has 3 nitrogen and oxygen atoms in total. The summed E-state index contributed by atoms with van der Waals surface area (Å²) in [6.07, 6.45) is 25.0. The lowest BCUT2D eigenvalue weighted by molar-refractivity contribution is 0.0262. The second kappa shape index (κ2) is 26.2. The molecule has 3 aromatic rings. The van der Waals surface area contributed by atoms with E-state index in [1.165, 1.54) is 136 Å². The molecule has 372 valence electrons. The average Bonchev–Trinajstić information content (AvgIpc) is 3.35. The van der Waals surface area contributed by atoms with Gasteiger partial charge in [0.2, 0.25) is 0 Å². The van der Waals surface area contributed by atoms with Gasteiger partial charge in [0.1, 0.15) is 0 Å². The molecule has 2 aliphatic heterocycles. The largest absolute Gasteiger partial charge is 0.371 e. The fourth-order valence-corrected chi connectivity index (χ4v) is 12.6. The van der Waals surface area contributed by atoms with Crippen molar-refractivity contribution in [1.82, 2.24) is 0 Å². The van der Waals surface area contributed by atoms with Gasteiger partial charge in [0, 0.05) is 49.0 Å². The zero-order valence-corrected chi connectivity index (χ0v) is 45.4. The Morgan fingerprint density at radius 1 is 0.838 bits per heavy atom. The zero-order valence-electron chi connectivity index (χ0n) is 45.4. The van der Waals surface area contributed by atoms with Crippen LogP contribution in [0.25, 0.3) is 5.57 Å². The van der Waals surface area contributed by atoms with Gasteiger partial charge in [-0.3, -0.25) is 0 Å². The third-order valence-corrected chi connectivity index (χ3v) is 16.6. The predicted octanol–water partition coefficient (Wildman–Crippen LogP) is 17.7. The van der Waals surface area contributed by atoms with Crippen molar-refractivity contribution >= 4 is 16.9 Å². The highest BCUT2D eigenvalue weighted by Crippen LogP contribution is 2.55. The van der Waals surface area contributed by atoms with Crippen LogP contribution in [0.15, 0.2) is 115 Å². The molecule has 1 saturated carbocycles. The van der Waals surface area contributed by atoms with E-state index in [9.17, 15) is 0 Å². The number of hydrogen-bond donors (Lipinski definition) is 1. The van der Waals surface area contributed by atoms with Crippen LogP contribution in [0.5, 0.6) is 0 Å². The van der Waals surface area contributed by atoms with Crippen molar-refractivity contribution in [2.75, 3.05) is 29.4 Å². The van der Waals surface area contributed by atoms with Crippen molar-refractivity contribution < 1.29 is 0 Å². The van der Waals surface area contributed by atoms with Gasteiger partial charge >= 0.3 is 0 Å². The minimum absolute atomic E-state index is 0.150. The normalized spacial score (nSPS) is 21.9. The molecule has 8 rings (SSSR count). The lowest BCUT2D eigenvalue weighted by Crippen LogP contribution is -2.47. The number of allylic oxidation sites excluding steroid dienone is 6. The van der Waals surface area contributed by atoms with Crippen LogP contribution in [0.3, 0.4) is 0 Å². The number of aryl methyl sites for hydroxylation is 1. The van der Waals surface area contributed by atoms with Gasteiger partial charge in [0.15, 0.2) is 0 Å².